The molecule has 5 nitrogen and oxygen atoms in total. The van der Waals surface area contributed by atoms with Crippen LogP contribution < -0.4 is 4.72 Å². The molecular formula is C12H11ClFNO4S. The van der Waals surface area contributed by atoms with Gasteiger partial charge >= 0.3 is 5.97 Å². The van der Waals surface area contributed by atoms with Crippen molar-refractivity contribution < 1.29 is 22.7 Å². The van der Waals surface area contributed by atoms with Crippen molar-refractivity contribution in [3.63, 3.8) is 0 Å². The summed E-state index contributed by atoms with van der Waals surface area (Å²) in [5.41, 5.74) is -1.66. The van der Waals surface area contributed by atoms with E-state index in [-0.39, 0.29) is 17.9 Å². The summed E-state index contributed by atoms with van der Waals surface area (Å²) in [5.74, 6) is -2.34. The molecule has 1 aromatic carbocycles. The maximum atomic E-state index is 13.7. The summed E-state index contributed by atoms with van der Waals surface area (Å²) in [4.78, 5) is 10.7. The van der Waals surface area contributed by atoms with Gasteiger partial charge in [0.05, 0.1) is 0 Å². The molecule has 0 amide bonds. The van der Waals surface area contributed by atoms with Gasteiger partial charge in [0.15, 0.2) is 0 Å². The van der Waals surface area contributed by atoms with Gasteiger partial charge in [0.1, 0.15) is 16.3 Å². The number of aliphatic carboxylic acids is 1. The summed E-state index contributed by atoms with van der Waals surface area (Å²) in [5, 5.41) is 9.26. The minimum atomic E-state index is -4.30. The number of carboxylic acid groups (broad SMARTS) is 1. The molecule has 1 aliphatic carbocycles. The Balaban J connectivity index is 2.38. The Hall–Kier alpha value is -1.44. The van der Waals surface area contributed by atoms with Gasteiger partial charge in [0.2, 0.25) is 10.0 Å². The van der Waals surface area contributed by atoms with Crippen LogP contribution in [0, 0.1) is 5.82 Å². The van der Waals surface area contributed by atoms with Crippen LogP contribution in [0.4, 0.5) is 4.39 Å². The Morgan fingerprint density at radius 2 is 1.95 bits per heavy atom. The first-order valence-corrected chi connectivity index (χ1v) is 7.50. The molecule has 0 radical (unpaired) electrons. The molecule has 0 saturated carbocycles. The second-order valence-corrected chi connectivity index (χ2v) is 6.53. The molecule has 0 aliphatic heterocycles. The molecule has 0 fully saturated rings. The first-order valence-electron chi connectivity index (χ1n) is 5.64. The Kier molecular flexibility index (Phi) is 3.86. The van der Waals surface area contributed by atoms with Gasteiger partial charge in [0.25, 0.3) is 0 Å². The zero-order valence-electron chi connectivity index (χ0n) is 10.1. The molecule has 2 N–H and O–H groups in total. The van der Waals surface area contributed by atoms with Crippen molar-refractivity contribution >= 4 is 27.6 Å². The molecular weight excluding hydrogens is 309 g/mol. The Morgan fingerprint density at radius 1 is 1.35 bits per heavy atom. The number of nitrogens with one attached hydrogen (secondary N) is 1. The van der Waals surface area contributed by atoms with Crippen molar-refractivity contribution in [1.29, 1.82) is 0 Å². The smallest absolute Gasteiger partial charge is 0.325 e. The lowest BCUT2D eigenvalue weighted by atomic mass is 9.99. The van der Waals surface area contributed by atoms with Crippen LogP contribution in [0.25, 0.3) is 0 Å². The number of benzene rings is 1. The summed E-state index contributed by atoms with van der Waals surface area (Å²) in [7, 11) is -4.30. The van der Waals surface area contributed by atoms with Crippen LogP contribution in [0.5, 0.6) is 0 Å². The Morgan fingerprint density at radius 3 is 2.45 bits per heavy atom. The van der Waals surface area contributed by atoms with Gasteiger partial charge in [-0.3, -0.25) is 4.79 Å². The highest BCUT2D eigenvalue weighted by Crippen LogP contribution is 2.27. The highest BCUT2D eigenvalue weighted by molar-refractivity contribution is 7.89. The van der Waals surface area contributed by atoms with E-state index < -0.39 is 32.2 Å². The molecule has 0 aromatic heterocycles. The van der Waals surface area contributed by atoms with Crippen LogP contribution >= 0.6 is 11.6 Å². The lowest BCUT2D eigenvalue weighted by Crippen LogP contribution is -2.52. The zero-order valence-corrected chi connectivity index (χ0v) is 11.7. The molecule has 20 heavy (non-hydrogen) atoms. The van der Waals surface area contributed by atoms with E-state index in [0.717, 1.165) is 12.1 Å². The average Bonchev–Trinajstić information content (AvgIpc) is 2.77. The topological polar surface area (TPSA) is 83.5 Å². The Labute approximate surface area is 120 Å². The van der Waals surface area contributed by atoms with Gasteiger partial charge in [0, 0.05) is 5.02 Å². The van der Waals surface area contributed by atoms with E-state index in [0.29, 0.717) is 0 Å². The van der Waals surface area contributed by atoms with Crippen molar-refractivity contribution in [2.24, 2.45) is 0 Å². The predicted molar refractivity (Wildman–Crippen MR) is 70.5 cm³/mol. The minimum Gasteiger partial charge on any atom is -0.480 e. The number of hydrogen-bond acceptors (Lipinski definition) is 3. The number of carbonyl (C=O) groups is 1. The fourth-order valence-corrected chi connectivity index (χ4v) is 3.56. The fraction of sp³-hybridized carbons (Fsp3) is 0.250. The molecule has 1 aliphatic rings. The van der Waals surface area contributed by atoms with Crippen LogP contribution in [0.15, 0.2) is 35.2 Å². The van der Waals surface area contributed by atoms with Gasteiger partial charge < -0.3 is 5.11 Å². The molecule has 0 heterocycles. The highest BCUT2D eigenvalue weighted by Gasteiger charge is 2.43. The van der Waals surface area contributed by atoms with E-state index in [1.54, 1.807) is 12.2 Å². The lowest BCUT2D eigenvalue weighted by Gasteiger charge is -2.25. The number of halogens is 2. The normalized spacial score (nSPS) is 17.3. The molecule has 108 valence electrons. The third-order valence-electron chi connectivity index (χ3n) is 3.02. The third kappa shape index (κ3) is 2.70. The largest absolute Gasteiger partial charge is 0.480 e. The van der Waals surface area contributed by atoms with Crippen LogP contribution in [-0.2, 0) is 14.8 Å². The quantitative estimate of drug-likeness (QED) is 0.831. The van der Waals surface area contributed by atoms with Crippen molar-refractivity contribution in [3.8, 4) is 0 Å². The van der Waals surface area contributed by atoms with E-state index in [2.05, 4.69) is 4.72 Å². The van der Waals surface area contributed by atoms with Gasteiger partial charge in [-0.05, 0) is 31.0 Å². The van der Waals surface area contributed by atoms with Gasteiger partial charge in [-0.1, -0.05) is 23.8 Å². The van der Waals surface area contributed by atoms with Crippen LogP contribution in [-0.4, -0.2) is 25.0 Å². The second-order valence-electron chi connectivity index (χ2n) is 4.45. The summed E-state index contributed by atoms with van der Waals surface area (Å²) >= 11 is 5.56. The summed E-state index contributed by atoms with van der Waals surface area (Å²) in [6.07, 6.45) is 3.15. The van der Waals surface area contributed by atoms with Gasteiger partial charge in [-0.25, -0.2) is 12.8 Å². The molecule has 0 atom stereocenters. The average molecular weight is 320 g/mol. The molecule has 0 spiro atoms. The maximum absolute atomic E-state index is 13.7. The molecule has 0 unspecified atom stereocenters. The summed E-state index contributed by atoms with van der Waals surface area (Å²) < 4.78 is 40.0. The summed E-state index contributed by atoms with van der Waals surface area (Å²) in [6, 6.07) is 3.08. The van der Waals surface area contributed by atoms with E-state index in [1.807, 2.05) is 0 Å². The first kappa shape index (κ1) is 15.0. The number of carboxylic acids is 1. The lowest BCUT2D eigenvalue weighted by molar-refractivity contribution is -0.143. The Bertz CT molecular complexity index is 679. The van der Waals surface area contributed by atoms with Crippen molar-refractivity contribution in [2.75, 3.05) is 0 Å². The number of rotatable bonds is 4. The van der Waals surface area contributed by atoms with Crippen molar-refractivity contribution in [2.45, 2.75) is 23.3 Å². The summed E-state index contributed by atoms with van der Waals surface area (Å²) in [6.45, 7) is 0. The molecule has 2 rings (SSSR count). The fourth-order valence-electron chi connectivity index (χ4n) is 1.96. The highest BCUT2D eigenvalue weighted by atomic mass is 35.5. The molecule has 0 saturated heterocycles. The monoisotopic (exact) mass is 319 g/mol. The van der Waals surface area contributed by atoms with Crippen molar-refractivity contribution in [3.05, 3.63) is 41.2 Å². The molecule has 1 aromatic rings. The zero-order chi connectivity index (χ0) is 15.0. The van der Waals surface area contributed by atoms with Gasteiger partial charge in [-0.2, -0.15) is 4.72 Å². The third-order valence-corrected chi connectivity index (χ3v) is 4.83. The van der Waals surface area contributed by atoms with Crippen LogP contribution in [0.3, 0.4) is 0 Å². The van der Waals surface area contributed by atoms with E-state index in [1.165, 1.54) is 6.07 Å². The van der Waals surface area contributed by atoms with Crippen LogP contribution in [0.2, 0.25) is 5.02 Å². The number of sulfonamides is 1. The van der Waals surface area contributed by atoms with E-state index in [4.69, 9.17) is 11.6 Å². The molecule has 8 heteroatoms. The first-order chi connectivity index (χ1) is 9.27. The standard InChI is InChI=1S/C12H11ClFNO4S/c13-8-3-4-10(9(14)7-8)20(18,19)15-12(11(16)17)5-1-2-6-12/h1-4,7,15H,5-6H2,(H,16,17). The second kappa shape index (κ2) is 5.16. The van der Waals surface area contributed by atoms with Crippen molar-refractivity contribution in [1.82, 2.24) is 4.72 Å². The van der Waals surface area contributed by atoms with Gasteiger partial charge in [-0.15, -0.1) is 0 Å². The number of hydrogen-bond donors (Lipinski definition) is 2. The van der Waals surface area contributed by atoms with E-state index >= 15 is 0 Å². The predicted octanol–water partition coefficient (Wildman–Crippen LogP) is 1.93. The van der Waals surface area contributed by atoms with Crippen LogP contribution in [0.1, 0.15) is 12.8 Å². The molecule has 0 bridgehead atoms. The van der Waals surface area contributed by atoms with E-state index in [9.17, 15) is 22.7 Å². The minimum absolute atomic E-state index is 0.0107. The SMILES string of the molecule is O=C(O)C1(NS(=O)(=O)c2ccc(Cl)cc2F)CC=CC1. The maximum Gasteiger partial charge on any atom is 0.325 e.